The molecule has 0 spiro atoms. The lowest BCUT2D eigenvalue weighted by Gasteiger charge is -2.38. The highest BCUT2D eigenvalue weighted by Gasteiger charge is 2.25. The first-order chi connectivity index (χ1) is 11.6. The second kappa shape index (κ2) is 7.15. The Labute approximate surface area is 145 Å². The van der Waals surface area contributed by atoms with Crippen molar-refractivity contribution < 1.29 is 14.7 Å². The summed E-state index contributed by atoms with van der Waals surface area (Å²) in [4.78, 5) is 27.8. The molecule has 6 heteroatoms. The number of hydrogen-bond acceptors (Lipinski definition) is 4. The van der Waals surface area contributed by atoms with Crippen LogP contribution in [0.3, 0.4) is 0 Å². The van der Waals surface area contributed by atoms with Crippen LogP contribution in [-0.4, -0.2) is 53.0 Å². The van der Waals surface area contributed by atoms with Crippen LogP contribution in [0.15, 0.2) is 41.1 Å². The van der Waals surface area contributed by atoms with Crippen molar-refractivity contribution in [2.45, 2.75) is 13.0 Å². The lowest BCUT2D eigenvalue weighted by molar-refractivity contribution is 0.0582. The topological polar surface area (TPSA) is 60.9 Å². The predicted octanol–water partition coefficient (Wildman–Crippen LogP) is 2.97. The molecule has 24 heavy (non-hydrogen) atoms. The molecule has 5 nitrogen and oxygen atoms in total. The zero-order chi connectivity index (χ0) is 17.1. The highest BCUT2D eigenvalue weighted by molar-refractivity contribution is 7.07. The Bertz CT molecular complexity index is 722. The zero-order valence-corrected chi connectivity index (χ0v) is 14.3. The molecule has 1 saturated heterocycles. The van der Waals surface area contributed by atoms with E-state index in [0.29, 0.717) is 24.7 Å². The van der Waals surface area contributed by atoms with Gasteiger partial charge in [0.15, 0.2) is 0 Å². The largest absolute Gasteiger partial charge is 0.478 e. The van der Waals surface area contributed by atoms with Crippen LogP contribution in [0.4, 0.5) is 0 Å². The maximum atomic E-state index is 12.6. The SMILES string of the molecule is CC(c1ccsc1)N1CCN(C(=O)c2cccc(C(=O)O)c2)CC1. The minimum atomic E-state index is -1.01. The molecule has 0 saturated carbocycles. The van der Waals surface area contributed by atoms with Crippen LogP contribution in [-0.2, 0) is 0 Å². The maximum absolute atomic E-state index is 12.6. The van der Waals surface area contributed by atoms with Crippen molar-refractivity contribution >= 4 is 23.2 Å². The number of carbonyl (C=O) groups is 2. The number of hydrogen-bond donors (Lipinski definition) is 1. The fraction of sp³-hybridized carbons (Fsp3) is 0.333. The number of benzene rings is 1. The second-order valence-corrected chi connectivity index (χ2v) is 6.73. The summed E-state index contributed by atoms with van der Waals surface area (Å²) >= 11 is 1.70. The first-order valence-corrected chi connectivity index (χ1v) is 8.89. The fourth-order valence-electron chi connectivity index (χ4n) is 3.00. The van der Waals surface area contributed by atoms with E-state index in [4.69, 9.17) is 5.11 Å². The quantitative estimate of drug-likeness (QED) is 0.926. The van der Waals surface area contributed by atoms with Crippen LogP contribution >= 0.6 is 11.3 Å². The minimum Gasteiger partial charge on any atom is -0.478 e. The van der Waals surface area contributed by atoms with Gasteiger partial charge in [-0.25, -0.2) is 4.79 Å². The summed E-state index contributed by atoms with van der Waals surface area (Å²) < 4.78 is 0. The van der Waals surface area contributed by atoms with Crippen LogP contribution in [0, 0.1) is 0 Å². The highest BCUT2D eigenvalue weighted by atomic mass is 32.1. The van der Waals surface area contributed by atoms with Crippen molar-refractivity contribution in [1.82, 2.24) is 9.80 Å². The molecule has 126 valence electrons. The molecule has 1 aromatic carbocycles. The molecule has 1 N–H and O–H groups in total. The van der Waals surface area contributed by atoms with E-state index in [0.717, 1.165) is 13.1 Å². The third-order valence-corrected chi connectivity index (χ3v) is 5.23. The van der Waals surface area contributed by atoms with Crippen molar-refractivity contribution in [3.63, 3.8) is 0 Å². The summed E-state index contributed by atoms with van der Waals surface area (Å²) in [5, 5.41) is 13.3. The lowest BCUT2D eigenvalue weighted by Crippen LogP contribution is -2.49. The van der Waals surface area contributed by atoms with Crippen molar-refractivity contribution in [1.29, 1.82) is 0 Å². The Balaban J connectivity index is 1.63. The van der Waals surface area contributed by atoms with E-state index >= 15 is 0 Å². The number of nitrogens with zero attached hydrogens (tertiary/aromatic N) is 2. The van der Waals surface area contributed by atoms with Gasteiger partial charge < -0.3 is 10.0 Å². The van der Waals surface area contributed by atoms with Gasteiger partial charge in [0.25, 0.3) is 5.91 Å². The number of carboxylic acids is 1. The number of carbonyl (C=O) groups excluding carboxylic acids is 1. The Morgan fingerprint density at radius 2 is 1.83 bits per heavy atom. The molecular formula is C18H20N2O3S. The van der Waals surface area contributed by atoms with Crippen LogP contribution < -0.4 is 0 Å². The molecular weight excluding hydrogens is 324 g/mol. The van der Waals surface area contributed by atoms with E-state index in [2.05, 4.69) is 28.7 Å². The van der Waals surface area contributed by atoms with Crippen molar-refractivity contribution in [2.75, 3.05) is 26.2 Å². The molecule has 1 aliphatic heterocycles. The summed E-state index contributed by atoms with van der Waals surface area (Å²) in [7, 11) is 0. The Kier molecular flexibility index (Phi) is 4.97. The first-order valence-electron chi connectivity index (χ1n) is 7.95. The number of amides is 1. The minimum absolute atomic E-state index is 0.0964. The van der Waals surface area contributed by atoms with Gasteiger partial charge in [-0.2, -0.15) is 11.3 Å². The summed E-state index contributed by atoms with van der Waals surface area (Å²) in [6, 6.07) is 8.74. The van der Waals surface area contributed by atoms with Gasteiger partial charge >= 0.3 is 5.97 Å². The highest BCUT2D eigenvalue weighted by Crippen LogP contribution is 2.24. The van der Waals surface area contributed by atoms with Gasteiger partial charge in [-0.15, -0.1) is 0 Å². The Morgan fingerprint density at radius 1 is 1.12 bits per heavy atom. The second-order valence-electron chi connectivity index (χ2n) is 5.95. The molecule has 0 bridgehead atoms. The van der Waals surface area contributed by atoms with E-state index < -0.39 is 5.97 Å². The van der Waals surface area contributed by atoms with Crippen molar-refractivity contribution in [3.8, 4) is 0 Å². The van der Waals surface area contributed by atoms with E-state index in [1.54, 1.807) is 28.4 Å². The average Bonchev–Trinajstić information content (AvgIpc) is 3.15. The standard InChI is InChI=1S/C18H20N2O3S/c1-13(16-5-10-24-12-16)19-6-8-20(9-7-19)17(21)14-3-2-4-15(11-14)18(22)23/h2-5,10-13H,6-9H2,1H3,(H,22,23). The van der Waals surface area contributed by atoms with Gasteiger partial charge in [-0.1, -0.05) is 6.07 Å². The van der Waals surface area contributed by atoms with E-state index in [9.17, 15) is 9.59 Å². The Hall–Kier alpha value is -2.18. The van der Waals surface area contributed by atoms with Gasteiger partial charge in [0.05, 0.1) is 5.56 Å². The molecule has 1 amide bonds. The molecule has 0 radical (unpaired) electrons. The lowest BCUT2D eigenvalue weighted by atomic mass is 10.1. The average molecular weight is 344 g/mol. The molecule has 1 aliphatic rings. The zero-order valence-electron chi connectivity index (χ0n) is 13.5. The molecule has 1 fully saturated rings. The molecule has 2 aromatic rings. The molecule has 1 unspecified atom stereocenters. The normalized spacial score (nSPS) is 16.8. The number of aromatic carboxylic acids is 1. The number of carboxylic acid groups (broad SMARTS) is 1. The summed E-state index contributed by atoms with van der Waals surface area (Å²) in [6.07, 6.45) is 0. The summed E-state index contributed by atoms with van der Waals surface area (Å²) in [5.74, 6) is -1.11. The van der Waals surface area contributed by atoms with Gasteiger partial charge in [-0.05, 0) is 47.5 Å². The van der Waals surface area contributed by atoms with Crippen LogP contribution in [0.2, 0.25) is 0 Å². The summed E-state index contributed by atoms with van der Waals surface area (Å²) in [6.45, 7) is 5.15. The van der Waals surface area contributed by atoms with Crippen LogP contribution in [0.5, 0.6) is 0 Å². The molecule has 1 aromatic heterocycles. The predicted molar refractivity (Wildman–Crippen MR) is 93.6 cm³/mol. The number of rotatable bonds is 4. The van der Waals surface area contributed by atoms with Gasteiger partial charge in [0, 0.05) is 37.8 Å². The Morgan fingerprint density at radius 3 is 2.46 bits per heavy atom. The number of thiophene rings is 1. The molecule has 2 heterocycles. The summed E-state index contributed by atoms with van der Waals surface area (Å²) in [5.41, 5.74) is 1.90. The van der Waals surface area contributed by atoms with E-state index in [1.807, 2.05) is 0 Å². The van der Waals surface area contributed by atoms with E-state index in [1.165, 1.54) is 17.7 Å². The fourth-order valence-corrected chi connectivity index (χ4v) is 3.75. The monoisotopic (exact) mass is 344 g/mol. The maximum Gasteiger partial charge on any atom is 0.335 e. The van der Waals surface area contributed by atoms with Crippen molar-refractivity contribution in [3.05, 3.63) is 57.8 Å². The van der Waals surface area contributed by atoms with Crippen LogP contribution in [0.1, 0.15) is 39.2 Å². The third kappa shape index (κ3) is 3.49. The molecule has 0 aliphatic carbocycles. The molecule has 3 rings (SSSR count). The van der Waals surface area contributed by atoms with Gasteiger partial charge in [-0.3, -0.25) is 9.69 Å². The smallest absolute Gasteiger partial charge is 0.335 e. The van der Waals surface area contributed by atoms with Crippen molar-refractivity contribution in [2.24, 2.45) is 0 Å². The van der Waals surface area contributed by atoms with Crippen LogP contribution in [0.25, 0.3) is 0 Å². The first kappa shape index (κ1) is 16.7. The van der Waals surface area contributed by atoms with Gasteiger partial charge in [0.1, 0.15) is 0 Å². The van der Waals surface area contributed by atoms with Gasteiger partial charge in [0.2, 0.25) is 0 Å². The third-order valence-electron chi connectivity index (χ3n) is 4.53. The number of piperazine rings is 1. The van der Waals surface area contributed by atoms with E-state index in [-0.39, 0.29) is 11.5 Å². The molecule has 1 atom stereocenters.